The molecule has 0 radical (unpaired) electrons. The number of nitrogens with one attached hydrogen (secondary N) is 1. The summed E-state index contributed by atoms with van der Waals surface area (Å²) >= 11 is 0. The lowest BCUT2D eigenvalue weighted by molar-refractivity contribution is 0.0449. The second-order valence-electron chi connectivity index (χ2n) is 5.97. The van der Waals surface area contributed by atoms with Crippen LogP contribution in [0.25, 0.3) is 0 Å². The van der Waals surface area contributed by atoms with E-state index in [4.69, 9.17) is 0 Å². The molecule has 1 unspecified atom stereocenters. The van der Waals surface area contributed by atoms with Crippen LogP contribution in [0.15, 0.2) is 18.2 Å². The van der Waals surface area contributed by atoms with Gasteiger partial charge in [-0.05, 0) is 56.5 Å². The first-order chi connectivity index (χ1) is 9.52. The van der Waals surface area contributed by atoms with Gasteiger partial charge in [0.15, 0.2) is 0 Å². The molecular weight excluding hydrogens is 255 g/mol. The number of anilines is 1. The van der Waals surface area contributed by atoms with Gasteiger partial charge in [-0.1, -0.05) is 6.92 Å². The fourth-order valence-corrected chi connectivity index (χ4v) is 2.83. The van der Waals surface area contributed by atoms with E-state index in [2.05, 4.69) is 17.1 Å². The van der Waals surface area contributed by atoms with Crippen LogP contribution in [-0.4, -0.2) is 30.3 Å². The van der Waals surface area contributed by atoms with Crippen LogP contribution >= 0.6 is 0 Å². The maximum Gasteiger partial charge on any atom is 0.123 e. The fourth-order valence-electron chi connectivity index (χ4n) is 2.83. The molecule has 2 N–H and O–H groups in total. The van der Waals surface area contributed by atoms with Gasteiger partial charge in [0.2, 0.25) is 0 Å². The van der Waals surface area contributed by atoms with Gasteiger partial charge in [0, 0.05) is 25.3 Å². The molecule has 2 rings (SSSR count). The number of β-amino-alcohol motifs (C(OH)–C–C–N with tert-alkyl or cyclic N) is 1. The van der Waals surface area contributed by atoms with Crippen molar-refractivity contribution in [3.8, 4) is 0 Å². The molecule has 1 saturated heterocycles. The van der Waals surface area contributed by atoms with Gasteiger partial charge >= 0.3 is 0 Å². The monoisotopic (exact) mass is 280 g/mol. The molecule has 4 heteroatoms. The first kappa shape index (κ1) is 15.3. The van der Waals surface area contributed by atoms with E-state index in [0.717, 1.165) is 43.6 Å². The molecule has 0 aromatic heterocycles. The highest BCUT2D eigenvalue weighted by molar-refractivity contribution is 5.54. The molecule has 0 bridgehead atoms. The number of aliphatic hydroxyl groups is 1. The van der Waals surface area contributed by atoms with Gasteiger partial charge in [-0.2, -0.15) is 0 Å². The van der Waals surface area contributed by atoms with Crippen molar-refractivity contribution < 1.29 is 9.50 Å². The molecule has 0 amide bonds. The molecule has 1 aliphatic heterocycles. The molecule has 20 heavy (non-hydrogen) atoms. The van der Waals surface area contributed by atoms with Gasteiger partial charge in [-0.25, -0.2) is 4.39 Å². The lowest BCUT2D eigenvalue weighted by atomic mass is 9.94. The fraction of sp³-hybridized carbons (Fsp3) is 0.625. The quantitative estimate of drug-likeness (QED) is 0.814. The molecule has 1 atom stereocenters. The second-order valence-corrected chi connectivity index (χ2v) is 5.97. The van der Waals surface area contributed by atoms with E-state index < -0.39 is 5.60 Å². The number of hydrogen-bond donors (Lipinski definition) is 2. The average Bonchev–Trinajstić information content (AvgIpc) is 2.38. The molecule has 1 aromatic rings. The van der Waals surface area contributed by atoms with Crippen LogP contribution in [0.3, 0.4) is 0 Å². The molecule has 1 aromatic carbocycles. The summed E-state index contributed by atoms with van der Waals surface area (Å²) < 4.78 is 13.5. The van der Waals surface area contributed by atoms with Crippen molar-refractivity contribution in [2.75, 3.05) is 24.5 Å². The minimum atomic E-state index is -0.652. The van der Waals surface area contributed by atoms with Crippen molar-refractivity contribution in [3.05, 3.63) is 29.6 Å². The largest absolute Gasteiger partial charge is 0.388 e. The van der Waals surface area contributed by atoms with Gasteiger partial charge < -0.3 is 15.3 Å². The second kappa shape index (κ2) is 6.55. The van der Waals surface area contributed by atoms with E-state index in [1.807, 2.05) is 13.0 Å². The topological polar surface area (TPSA) is 35.5 Å². The SMILES string of the molecule is CCCNCc1cc(F)ccc1N1CCCC(C)(O)C1. The highest BCUT2D eigenvalue weighted by Gasteiger charge is 2.29. The summed E-state index contributed by atoms with van der Waals surface area (Å²) in [7, 11) is 0. The van der Waals surface area contributed by atoms with Gasteiger partial charge in [0.1, 0.15) is 5.82 Å². The van der Waals surface area contributed by atoms with Crippen molar-refractivity contribution >= 4 is 5.69 Å². The third-order valence-corrected chi connectivity index (χ3v) is 3.80. The van der Waals surface area contributed by atoms with Crippen molar-refractivity contribution in [2.24, 2.45) is 0 Å². The third kappa shape index (κ3) is 3.93. The molecule has 0 spiro atoms. The summed E-state index contributed by atoms with van der Waals surface area (Å²) in [4.78, 5) is 2.17. The van der Waals surface area contributed by atoms with E-state index in [9.17, 15) is 9.50 Å². The summed E-state index contributed by atoms with van der Waals surface area (Å²) in [6.07, 6.45) is 2.85. The molecule has 1 fully saturated rings. The standard InChI is InChI=1S/C16H25FN2O/c1-3-8-18-11-13-10-14(17)5-6-15(13)19-9-4-7-16(2,20)12-19/h5-6,10,18,20H,3-4,7-9,11-12H2,1-2H3. The Balaban J connectivity index is 2.17. The van der Waals surface area contributed by atoms with Crippen LogP contribution < -0.4 is 10.2 Å². The van der Waals surface area contributed by atoms with E-state index in [1.165, 1.54) is 6.07 Å². The van der Waals surface area contributed by atoms with Crippen LogP contribution in [0.1, 0.15) is 38.7 Å². The van der Waals surface area contributed by atoms with E-state index >= 15 is 0 Å². The Morgan fingerprint density at radius 1 is 1.45 bits per heavy atom. The lowest BCUT2D eigenvalue weighted by Gasteiger charge is -2.39. The van der Waals surface area contributed by atoms with Crippen molar-refractivity contribution in [2.45, 2.75) is 45.3 Å². The minimum absolute atomic E-state index is 0.203. The highest BCUT2D eigenvalue weighted by atomic mass is 19.1. The Bertz CT molecular complexity index is 448. The van der Waals surface area contributed by atoms with Gasteiger partial charge in [-0.15, -0.1) is 0 Å². The number of rotatable bonds is 5. The molecule has 0 aliphatic carbocycles. The van der Waals surface area contributed by atoms with Gasteiger partial charge in [0.05, 0.1) is 5.60 Å². The minimum Gasteiger partial charge on any atom is -0.388 e. The van der Waals surface area contributed by atoms with E-state index in [0.29, 0.717) is 13.1 Å². The summed E-state index contributed by atoms with van der Waals surface area (Å²) in [5.41, 5.74) is 1.35. The molecule has 3 nitrogen and oxygen atoms in total. The summed E-state index contributed by atoms with van der Waals surface area (Å²) in [6.45, 7) is 7.11. The Hall–Kier alpha value is -1.13. The number of halogens is 1. The first-order valence-electron chi connectivity index (χ1n) is 7.48. The number of piperidine rings is 1. The molecular formula is C16H25FN2O. The van der Waals surface area contributed by atoms with E-state index in [-0.39, 0.29) is 5.82 Å². The zero-order chi connectivity index (χ0) is 14.6. The van der Waals surface area contributed by atoms with Crippen LogP contribution in [0.4, 0.5) is 10.1 Å². The van der Waals surface area contributed by atoms with Gasteiger partial charge in [0.25, 0.3) is 0 Å². The summed E-state index contributed by atoms with van der Waals surface area (Å²) in [6, 6.07) is 4.93. The predicted molar refractivity (Wildman–Crippen MR) is 80.5 cm³/mol. The van der Waals surface area contributed by atoms with Crippen molar-refractivity contribution in [1.82, 2.24) is 5.32 Å². The van der Waals surface area contributed by atoms with Crippen molar-refractivity contribution in [3.63, 3.8) is 0 Å². The lowest BCUT2D eigenvalue weighted by Crippen LogP contribution is -2.46. The van der Waals surface area contributed by atoms with Crippen LogP contribution in [0.5, 0.6) is 0 Å². The predicted octanol–water partition coefficient (Wildman–Crippen LogP) is 2.68. The molecule has 1 aliphatic rings. The van der Waals surface area contributed by atoms with Crippen LogP contribution in [0.2, 0.25) is 0 Å². The first-order valence-corrected chi connectivity index (χ1v) is 7.48. The molecule has 112 valence electrons. The Morgan fingerprint density at radius 2 is 2.25 bits per heavy atom. The summed E-state index contributed by atoms with van der Waals surface area (Å²) in [5, 5.41) is 13.6. The Morgan fingerprint density at radius 3 is 2.95 bits per heavy atom. The summed E-state index contributed by atoms with van der Waals surface area (Å²) in [5.74, 6) is -0.203. The van der Waals surface area contributed by atoms with Crippen LogP contribution in [-0.2, 0) is 6.54 Å². The zero-order valence-corrected chi connectivity index (χ0v) is 12.5. The van der Waals surface area contributed by atoms with Gasteiger partial charge in [-0.3, -0.25) is 0 Å². The maximum atomic E-state index is 13.5. The number of hydrogen-bond acceptors (Lipinski definition) is 3. The Labute approximate surface area is 120 Å². The molecule has 1 heterocycles. The van der Waals surface area contributed by atoms with Crippen molar-refractivity contribution in [1.29, 1.82) is 0 Å². The molecule has 0 saturated carbocycles. The Kier molecular flexibility index (Phi) is 5.00. The average molecular weight is 280 g/mol. The van der Waals surface area contributed by atoms with Crippen LogP contribution in [0, 0.1) is 5.82 Å². The number of nitrogens with zero attached hydrogens (tertiary/aromatic N) is 1. The zero-order valence-electron chi connectivity index (χ0n) is 12.5. The third-order valence-electron chi connectivity index (χ3n) is 3.80. The van der Waals surface area contributed by atoms with E-state index in [1.54, 1.807) is 6.07 Å². The normalized spacial score (nSPS) is 23.1. The highest BCUT2D eigenvalue weighted by Crippen LogP contribution is 2.28. The number of benzene rings is 1. The smallest absolute Gasteiger partial charge is 0.123 e. The maximum absolute atomic E-state index is 13.5.